The number of rotatable bonds is 4. The zero-order chi connectivity index (χ0) is 20.1. The van der Waals surface area contributed by atoms with Crippen LogP contribution < -0.4 is 10.5 Å². The molecule has 0 bridgehead atoms. The average molecular weight is 462 g/mol. The van der Waals surface area contributed by atoms with Gasteiger partial charge in [-0.2, -0.15) is 9.40 Å². The van der Waals surface area contributed by atoms with Crippen molar-refractivity contribution < 1.29 is 18.3 Å². The van der Waals surface area contributed by atoms with E-state index in [1.807, 2.05) is 0 Å². The van der Waals surface area contributed by atoms with Gasteiger partial charge in [-0.05, 0) is 12.1 Å². The van der Waals surface area contributed by atoms with Crippen molar-refractivity contribution in [1.29, 1.82) is 0 Å². The second-order valence-corrected chi connectivity index (χ2v) is 10.7. The van der Waals surface area contributed by atoms with Gasteiger partial charge >= 0.3 is 5.97 Å². The average Bonchev–Trinajstić information content (AvgIpc) is 3.28. The van der Waals surface area contributed by atoms with Crippen LogP contribution in [0, 0.1) is 0 Å². The molecule has 28 heavy (non-hydrogen) atoms. The van der Waals surface area contributed by atoms with Gasteiger partial charge in [-0.1, -0.05) is 22.9 Å². The lowest BCUT2D eigenvalue weighted by Gasteiger charge is -2.37. The summed E-state index contributed by atoms with van der Waals surface area (Å²) in [6.07, 6.45) is 1.41. The SMILES string of the molecule is O=C(O)C1CN(c2nc3cn[nH]c(=O)c3s2)CCN1S(=O)(=O)c1ccc(Cl)s1. The van der Waals surface area contributed by atoms with Crippen molar-refractivity contribution >= 4 is 65.6 Å². The maximum Gasteiger partial charge on any atom is 0.323 e. The van der Waals surface area contributed by atoms with Gasteiger partial charge in [0, 0.05) is 19.6 Å². The van der Waals surface area contributed by atoms with Crippen LogP contribution in [0.2, 0.25) is 4.34 Å². The van der Waals surface area contributed by atoms with Gasteiger partial charge in [0.15, 0.2) is 5.13 Å². The molecule has 4 heterocycles. The van der Waals surface area contributed by atoms with Crippen LogP contribution in [0.15, 0.2) is 27.3 Å². The molecule has 1 saturated heterocycles. The van der Waals surface area contributed by atoms with Crippen LogP contribution in [-0.2, 0) is 14.8 Å². The first-order valence-electron chi connectivity index (χ1n) is 7.86. The fourth-order valence-electron chi connectivity index (χ4n) is 2.89. The van der Waals surface area contributed by atoms with E-state index < -0.39 is 22.0 Å². The molecule has 148 valence electrons. The quantitative estimate of drug-likeness (QED) is 0.588. The number of carboxylic acids is 1. The van der Waals surface area contributed by atoms with Crippen LogP contribution >= 0.6 is 34.3 Å². The van der Waals surface area contributed by atoms with Crippen LogP contribution in [-0.4, -0.2) is 64.7 Å². The number of sulfonamides is 1. The number of carboxylic acid groups (broad SMARTS) is 1. The Balaban J connectivity index is 1.65. The number of anilines is 1. The summed E-state index contributed by atoms with van der Waals surface area (Å²) in [5.74, 6) is -1.27. The van der Waals surface area contributed by atoms with Crippen molar-refractivity contribution in [2.75, 3.05) is 24.5 Å². The second-order valence-electron chi connectivity index (χ2n) is 5.88. The first kappa shape index (κ1) is 19.3. The molecule has 1 unspecified atom stereocenters. The number of H-pyrrole nitrogens is 1. The van der Waals surface area contributed by atoms with Crippen LogP contribution in [0.1, 0.15) is 0 Å². The molecular weight excluding hydrogens is 450 g/mol. The Morgan fingerprint density at radius 1 is 1.32 bits per heavy atom. The molecule has 0 aliphatic carbocycles. The van der Waals surface area contributed by atoms with Crippen LogP contribution in [0.25, 0.3) is 10.2 Å². The summed E-state index contributed by atoms with van der Waals surface area (Å²) in [6.45, 7) is 0.0887. The molecule has 3 aromatic heterocycles. The molecule has 2 N–H and O–H groups in total. The first-order valence-corrected chi connectivity index (χ1v) is 11.3. The molecule has 0 spiro atoms. The minimum atomic E-state index is -3.99. The zero-order valence-electron chi connectivity index (χ0n) is 13.9. The zero-order valence-corrected chi connectivity index (χ0v) is 17.1. The van der Waals surface area contributed by atoms with Gasteiger partial charge in [0.05, 0.1) is 10.5 Å². The van der Waals surface area contributed by atoms with Crippen LogP contribution in [0.4, 0.5) is 5.13 Å². The van der Waals surface area contributed by atoms with Gasteiger partial charge in [0.25, 0.3) is 15.6 Å². The number of hydrogen-bond donors (Lipinski definition) is 2. The predicted octanol–water partition coefficient (Wildman–Crippen LogP) is 1.06. The van der Waals surface area contributed by atoms with Crippen molar-refractivity contribution in [2.24, 2.45) is 0 Å². The second kappa shape index (κ2) is 7.08. The maximum atomic E-state index is 12.9. The summed E-state index contributed by atoms with van der Waals surface area (Å²) < 4.78 is 27.4. The molecule has 14 heteroatoms. The topological polar surface area (TPSA) is 137 Å². The molecule has 10 nitrogen and oxygen atoms in total. The Kier molecular flexibility index (Phi) is 4.87. The summed E-state index contributed by atoms with van der Waals surface area (Å²) in [5.41, 5.74) is 0.0192. The molecular formula is C14H12ClN5O5S3. The van der Waals surface area contributed by atoms with E-state index in [9.17, 15) is 23.1 Å². The van der Waals surface area contributed by atoms with Gasteiger partial charge in [-0.3, -0.25) is 9.59 Å². The highest BCUT2D eigenvalue weighted by atomic mass is 35.5. The van der Waals surface area contributed by atoms with E-state index in [2.05, 4.69) is 15.2 Å². The number of nitrogens with one attached hydrogen (secondary N) is 1. The van der Waals surface area contributed by atoms with Crippen molar-refractivity contribution in [1.82, 2.24) is 19.5 Å². The standard InChI is InChI=1S/C14H12ClN5O5S3/c15-9-1-2-10(26-9)28(24,25)20-4-3-19(6-8(20)13(22)23)14-17-7-5-16-18-12(21)11(7)27-14/h1-2,5,8H,3-4,6H2,(H,18,21)(H,22,23). The molecule has 3 aromatic rings. The normalized spacial score (nSPS) is 18.6. The molecule has 1 fully saturated rings. The van der Waals surface area contributed by atoms with E-state index in [1.165, 1.54) is 18.3 Å². The Bertz CT molecular complexity index is 1220. The van der Waals surface area contributed by atoms with Crippen molar-refractivity contribution in [3.05, 3.63) is 33.0 Å². The number of aliphatic carboxylic acids is 1. The maximum absolute atomic E-state index is 12.9. The van der Waals surface area contributed by atoms with Crippen molar-refractivity contribution in [2.45, 2.75) is 10.3 Å². The first-order chi connectivity index (χ1) is 13.3. The van der Waals surface area contributed by atoms with Crippen LogP contribution in [0.5, 0.6) is 0 Å². The third kappa shape index (κ3) is 3.28. The third-order valence-corrected chi connectivity index (χ3v) is 8.94. The summed E-state index contributed by atoms with van der Waals surface area (Å²) in [5, 5.41) is 16.1. The lowest BCUT2D eigenvalue weighted by atomic mass is 10.2. The molecule has 0 saturated carbocycles. The number of nitrogens with zero attached hydrogens (tertiary/aromatic N) is 4. The molecule has 0 amide bonds. The van der Waals surface area contributed by atoms with Gasteiger partial charge in [-0.25, -0.2) is 18.5 Å². The number of hydrogen-bond acceptors (Lipinski definition) is 9. The van der Waals surface area contributed by atoms with Crippen molar-refractivity contribution in [3.63, 3.8) is 0 Å². The third-order valence-electron chi connectivity index (χ3n) is 4.20. The highest BCUT2D eigenvalue weighted by Crippen LogP contribution is 2.32. The Morgan fingerprint density at radius 3 is 2.75 bits per heavy atom. The lowest BCUT2D eigenvalue weighted by Crippen LogP contribution is -2.58. The highest BCUT2D eigenvalue weighted by Gasteiger charge is 2.41. The molecule has 1 atom stereocenters. The minimum Gasteiger partial charge on any atom is -0.480 e. The lowest BCUT2D eigenvalue weighted by molar-refractivity contribution is -0.141. The molecule has 1 aliphatic rings. The van der Waals surface area contributed by atoms with Gasteiger partial charge < -0.3 is 10.0 Å². The van der Waals surface area contributed by atoms with Gasteiger partial charge in [0.2, 0.25) is 0 Å². The number of thiophene rings is 1. The molecule has 0 radical (unpaired) electrons. The number of piperazine rings is 1. The van der Waals surface area contributed by atoms with Crippen LogP contribution in [0.3, 0.4) is 0 Å². The summed E-state index contributed by atoms with van der Waals surface area (Å²) in [6, 6.07) is 1.51. The number of aromatic nitrogens is 3. The Hall–Kier alpha value is -2.06. The van der Waals surface area contributed by atoms with Gasteiger partial charge in [0.1, 0.15) is 20.5 Å². The fourth-order valence-corrected chi connectivity index (χ4v) is 7.03. The largest absolute Gasteiger partial charge is 0.480 e. The number of carbonyl (C=O) groups is 1. The summed E-state index contributed by atoms with van der Waals surface area (Å²) in [4.78, 5) is 29.6. The fraction of sp³-hybridized carbons (Fsp3) is 0.286. The monoisotopic (exact) mass is 461 g/mol. The smallest absolute Gasteiger partial charge is 0.323 e. The van der Waals surface area contributed by atoms with Gasteiger partial charge in [-0.15, -0.1) is 11.3 Å². The van der Waals surface area contributed by atoms with E-state index in [1.54, 1.807) is 4.90 Å². The summed E-state index contributed by atoms with van der Waals surface area (Å²) >= 11 is 7.81. The van der Waals surface area contributed by atoms with E-state index in [-0.39, 0.29) is 29.4 Å². The number of fused-ring (bicyclic) bond motifs is 1. The Labute approximate surface area is 171 Å². The summed E-state index contributed by atoms with van der Waals surface area (Å²) in [7, 11) is -3.99. The molecule has 1 aliphatic heterocycles. The number of thiazole rings is 1. The Morgan fingerprint density at radius 2 is 2.11 bits per heavy atom. The highest BCUT2D eigenvalue weighted by molar-refractivity contribution is 7.91. The molecule has 4 rings (SSSR count). The minimum absolute atomic E-state index is 0.00482. The number of aromatic amines is 1. The van der Waals surface area contributed by atoms with E-state index >= 15 is 0 Å². The van der Waals surface area contributed by atoms with E-state index in [0.717, 1.165) is 27.0 Å². The van der Waals surface area contributed by atoms with E-state index in [0.29, 0.717) is 19.7 Å². The predicted molar refractivity (Wildman–Crippen MR) is 105 cm³/mol. The number of halogens is 1. The molecule has 0 aromatic carbocycles. The van der Waals surface area contributed by atoms with E-state index in [4.69, 9.17) is 11.6 Å². The van der Waals surface area contributed by atoms with Crippen molar-refractivity contribution in [3.8, 4) is 0 Å².